The smallest absolute Gasteiger partial charge is 0.258 e. The highest BCUT2D eigenvalue weighted by Crippen LogP contribution is 2.29. The number of piperidine rings is 1. The summed E-state index contributed by atoms with van der Waals surface area (Å²) in [4.78, 5) is 14.5. The monoisotopic (exact) mass is 342 g/mol. The van der Waals surface area contributed by atoms with Gasteiger partial charge in [0.25, 0.3) is 5.91 Å². The fourth-order valence-corrected chi connectivity index (χ4v) is 3.12. The predicted molar refractivity (Wildman–Crippen MR) is 87.7 cm³/mol. The minimum atomic E-state index is -0.0871. The van der Waals surface area contributed by atoms with Crippen LogP contribution in [0.15, 0.2) is 18.2 Å². The number of rotatable bonds is 5. The molecule has 2 fully saturated rings. The number of amides is 1. The van der Waals surface area contributed by atoms with Gasteiger partial charge in [-0.15, -0.1) is 0 Å². The topological polar surface area (TPSA) is 41.6 Å². The SMILES string of the molecule is O=C(COc1ccc(Cl)c(Cl)c1)NC1CCN(C2CC2)CC1. The van der Waals surface area contributed by atoms with Crippen LogP contribution in [0.1, 0.15) is 25.7 Å². The molecule has 1 saturated heterocycles. The molecule has 120 valence electrons. The number of hydrogen-bond acceptors (Lipinski definition) is 3. The van der Waals surface area contributed by atoms with Gasteiger partial charge in [0, 0.05) is 31.2 Å². The maximum atomic E-state index is 12.0. The van der Waals surface area contributed by atoms with Gasteiger partial charge in [-0.3, -0.25) is 4.79 Å². The van der Waals surface area contributed by atoms with E-state index in [0.29, 0.717) is 15.8 Å². The number of carbonyl (C=O) groups is 1. The van der Waals surface area contributed by atoms with E-state index in [9.17, 15) is 4.79 Å². The van der Waals surface area contributed by atoms with Crippen molar-refractivity contribution >= 4 is 29.1 Å². The standard InChI is InChI=1S/C16H20Cl2N2O2/c17-14-4-3-13(9-15(14)18)22-10-16(21)19-11-5-7-20(8-6-11)12-1-2-12/h3-4,9,11-12H,1-2,5-8,10H2,(H,19,21). The average molecular weight is 343 g/mol. The summed E-state index contributed by atoms with van der Waals surface area (Å²) in [6, 6.07) is 6.06. The largest absolute Gasteiger partial charge is 0.484 e. The van der Waals surface area contributed by atoms with E-state index in [1.807, 2.05) is 0 Å². The van der Waals surface area contributed by atoms with Crippen LogP contribution in [-0.4, -0.2) is 42.6 Å². The summed E-state index contributed by atoms with van der Waals surface area (Å²) >= 11 is 11.8. The first-order valence-electron chi connectivity index (χ1n) is 7.73. The van der Waals surface area contributed by atoms with Gasteiger partial charge in [-0.05, 0) is 37.8 Å². The molecule has 1 saturated carbocycles. The van der Waals surface area contributed by atoms with Crippen LogP contribution in [-0.2, 0) is 4.79 Å². The summed E-state index contributed by atoms with van der Waals surface area (Å²) < 4.78 is 5.45. The molecular formula is C16H20Cl2N2O2. The summed E-state index contributed by atoms with van der Waals surface area (Å²) in [6.45, 7) is 2.17. The third-order valence-corrected chi connectivity index (χ3v) is 4.96. The highest BCUT2D eigenvalue weighted by Gasteiger charge is 2.32. The van der Waals surface area contributed by atoms with Crippen molar-refractivity contribution in [2.24, 2.45) is 0 Å². The van der Waals surface area contributed by atoms with Crippen molar-refractivity contribution in [1.82, 2.24) is 10.2 Å². The van der Waals surface area contributed by atoms with Crippen molar-refractivity contribution < 1.29 is 9.53 Å². The van der Waals surface area contributed by atoms with Crippen molar-refractivity contribution in [3.8, 4) is 5.75 Å². The second kappa shape index (κ2) is 7.07. The van der Waals surface area contributed by atoms with Gasteiger partial charge < -0.3 is 15.0 Å². The number of ether oxygens (including phenoxy) is 1. The van der Waals surface area contributed by atoms with E-state index in [1.165, 1.54) is 12.8 Å². The minimum absolute atomic E-state index is 0.000794. The summed E-state index contributed by atoms with van der Waals surface area (Å²) in [5.41, 5.74) is 0. The Hall–Kier alpha value is -0.970. The Kier molecular flexibility index (Phi) is 5.11. The van der Waals surface area contributed by atoms with Gasteiger partial charge in [-0.2, -0.15) is 0 Å². The van der Waals surface area contributed by atoms with Crippen molar-refractivity contribution in [1.29, 1.82) is 0 Å². The van der Waals surface area contributed by atoms with Gasteiger partial charge in [0.2, 0.25) is 0 Å². The zero-order valence-electron chi connectivity index (χ0n) is 12.4. The molecule has 6 heteroatoms. The van der Waals surface area contributed by atoms with Crippen molar-refractivity contribution in [3.05, 3.63) is 28.2 Å². The first-order valence-corrected chi connectivity index (χ1v) is 8.48. The molecule has 1 heterocycles. The molecule has 1 aromatic rings. The Morgan fingerprint density at radius 3 is 2.55 bits per heavy atom. The molecule has 2 aliphatic rings. The molecule has 0 spiro atoms. The lowest BCUT2D eigenvalue weighted by Crippen LogP contribution is -2.46. The zero-order chi connectivity index (χ0) is 15.5. The third kappa shape index (κ3) is 4.28. The van der Waals surface area contributed by atoms with Crippen molar-refractivity contribution in [2.45, 2.75) is 37.8 Å². The minimum Gasteiger partial charge on any atom is -0.484 e. The molecule has 0 radical (unpaired) electrons. The lowest BCUT2D eigenvalue weighted by Gasteiger charge is -2.32. The van der Waals surface area contributed by atoms with E-state index in [2.05, 4.69) is 10.2 Å². The molecule has 22 heavy (non-hydrogen) atoms. The Labute approximate surface area is 140 Å². The van der Waals surface area contributed by atoms with Crippen molar-refractivity contribution in [2.75, 3.05) is 19.7 Å². The molecule has 1 N–H and O–H groups in total. The molecule has 1 aliphatic heterocycles. The van der Waals surface area contributed by atoms with Gasteiger partial charge >= 0.3 is 0 Å². The maximum absolute atomic E-state index is 12.0. The van der Waals surface area contributed by atoms with Gasteiger partial charge in [0.05, 0.1) is 10.0 Å². The van der Waals surface area contributed by atoms with E-state index in [-0.39, 0.29) is 18.6 Å². The van der Waals surface area contributed by atoms with Crippen LogP contribution in [0, 0.1) is 0 Å². The number of nitrogens with one attached hydrogen (secondary N) is 1. The van der Waals surface area contributed by atoms with Crippen LogP contribution in [0.2, 0.25) is 10.0 Å². The first-order chi connectivity index (χ1) is 10.6. The Morgan fingerprint density at radius 2 is 1.91 bits per heavy atom. The maximum Gasteiger partial charge on any atom is 0.258 e. The number of halogens is 2. The summed E-state index contributed by atoms with van der Waals surface area (Å²) in [5.74, 6) is 0.462. The average Bonchev–Trinajstić information content (AvgIpc) is 3.34. The summed E-state index contributed by atoms with van der Waals surface area (Å²) in [6.07, 6.45) is 4.73. The fraction of sp³-hybridized carbons (Fsp3) is 0.562. The molecule has 0 bridgehead atoms. The molecular weight excluding hydrogens is 323 g/mol. The van der Waals surface area contributed by atoms with Crippen LogP contribution >= 0.6 is 23.2 Å². The van der Waals surface area contributed by atoms with Crippen LogP contribution in [0.4, 0.5) is 0 Å². The molecule has 1 aromatic carbocycles. The van der Waals surface area contributed by atoms with Crippen molar-refractivity contribution in [3.63, 3.8) is 0 Å². The van der Waals surface area contributed by atoms with Gasteiger partial charge in [0.1, 0.15) is 5.75 Å². The number of carbonyl (C=O) groups excluding carboxylic acids is 1. The second-order valence-electron chi connectivity index (χ2n) is 5.97. The molecule has 0 aromatic heterocycles. The van der Waals surface area contributed by atoms with Crippen LogP contribution in [0.25, 0.3) is 0 Å². The summed E-state index contributed by atoms with van der Waals surface area (Å²) in [5, 5.41) is 3.94. The van der Waals surface area contributed by atoms with Crippen LogP contribution in [0.3, 0.4) is 0 Å². The van der Waals surface area contributed by atoms with Crippen LogP contribution < -0.4 is 10.1 Å². The predicted octanol–water partition coefficient (Wildman–Crippen LogP) is 3.12. The molecule has 0 atom stereocenters. The lowest BCUT2D eigenvalue weighted by atomic mass is 10.0. The van der Waals surface area contributed by atoms with E-state index < -0.39 is 0 Å². The number of hydrogen-bond donors (Lipinski definition) is 1. The molecule has 3 rings (SSSR count). The Morgan fingerprint density at radius 1 is 1.18 bits per heavy atom. The van der Waals surface area contributed by atoms with Gasteiger partial charge in [-0.1, -0.05) is 23.2 Å². The normalized spacial score (nSPS) is 19.9. The quantitative estimate of drug-likeness (QED) is 0.893. The molecule has 1 aliphatic carbocycles. The number of nitrogens with zero attached hydrogens (tertiary/aromatic N) is 1. The first kappa shape index (κ1) is 15.9. The number of likely N-dealkylation sites (tertiary alicyclic amines) is 1. The van der Waals surface area contributed by atoms with Gasteiger partial charge in [0.15, 0.2) is 6.61 Å². The molecule has 1 amide bonds. The Bertz CT molecular complexity index is 541. The van der Waals surface area contributed by atoms with E-state index in [4.69, 9.17) is 27.9 Å². The summed E-state index contributed by atoms with van der Waals surface area (Å²) in [7, 11) is 0. The zero-order valence-corrected chi connectivity index (χ0v) is 13.9. The van der Waals surface area contributed by atoms with E-state index >= 15 is 0 Å². The molecule has 4 nitrogen and oxygen atoms in total. The van der Waals surface area contributed by atoms with Gasteiger partial charge in [-0.25, -0.2) is 0 Å². The third-order valence-electron chi connectivity index (χ3n) is 4.22. The second-order valence-corrected chi connectivity index (χ2v) is 6.79. The fourth-order valence-electron chi connectivity index (χ4n) is 2.83. The Balaban J connectivity index is 1.39. The lowest BCUT2D eigenvalue weighted by molar-refractivity contribution is -0.124. The highest BCUT2D eigenvalue weighted by atomic mass is 35.5. The van der Waals surface area contributed by atoms with E-state index in [1.54, 1.807) is 18.2 Å². The number of benzene rings is 1. The molecule has 0 unspecified atom stereocenters. The van der Waals surface area contributed by atoms with E-state index in [0.717, 1.165) is 32.0 Å². The highest BCUT2D eigenvalue weighted by molar-refractivity contribution is 6.42. The van der Waals surface area contributed by atoms with Crippen LogP contribution in [0.5, 0.6) is 5.75 Å².